The number of anilines is 1. The molecule has 7 nitrogen and oxygen atoms in total. The van der Waals surface area contributed by atoms with Gasteiger partial charge in [-0.2, -0.15) is 4.31 Å². The maximum atomic E-state index is 12.7. The number of nitrogens with one attached hydrogen (secondary N) is 1. The molecule has 2 aromatic rings. The lowest BCUT2D eigenvalue weighted by atomic mass is 10.2. The van der Waals surface area contributed by atoms with Gasteiger partial charge in [0.05, 0.1) is 15.1 Å². The average molecular weight is 398 g/mol. The van der Waals surface area contributed by atoms with Crippen LogP contribution in [0.5, 0.6) is 0 Å². The first kappa shape index (κ1) is 19.2. The van der Waals surface area contributed by atoms with Crippen molar-refractivity contribution in [1.29, 1.82) is 0 Å². The third kappa shape index (κ3) is 3.90. The van der Waals surface area contributed by atoms with E-state index in [0.29, 0.717) is 36.8 Å². The Balaban J connectivity index is 1.82. The second kappa shape index (κ2) is 7.99. The quantitative estimate of drug-likeness (QED) is 0.776. The van der Waals surface area contributed by atoms with Crippen molar-refractivity contribution in [2.45, 2.75) is 44.1 Å². The van der Waals surface area contributed by atoms with E-state index in [1.54, 1.807) is 18.2 Å². The van der Waals surface area contributed by atoms with Gasteiger partial charge in [-0.25, -0.2) is 13.4 Å². The van der Waals surface area contributed by atoms with Gasteiger partial charge in [-0.1, -0.05) is 18.3 Å². The summed E-state index contributed by atoms with van der Waals surface area (Å²) in [5.41, 5.74) is 0.662. The summed E-state index contributed by atoms with van der Waals surface area (Å²) in [6.45, 7) is 5.33. The summed E-state index contributed by atoms with van der Waals surface area (Å²) in [6.07, 6.45) is 1.86. The van der Waals surface area contributed by atoms with Crippen LogP contribution in [0.3, 0.4) is 0 Å². The number of carbonyl (C=O) groups is 1. The molecule has 0 aliphatic carbocycles. The van der Waals surface area contributed by atoms with E-state index in [0.717, 1.165) is 17.5 Å². The molecule has 26 heavy (non-hydrogen) atoms. The number of hydrogen-bond donors (Lipinski definition) is 1. The molecular weight excluding hydrogens is 374 g/mol. The summed E-state index contributed by atoms with van der Waals surface area (Å²) < 4.78 is 33.0. The average Bonchev–Trinajstić information content (AvgIpc) is 3.28. The van der Waals surface area contributed by atoms with Gasteiger partial charge in [-0.05, 0) is 44.4 Å². The molecule has 1 N–H and O–H groups in total. The minimum atomic E-state index is -3.46. The molecular formula is C17H23N3O4S2. The van der Waals surface area contributed by atoms with Crippen LogP contribution in [0.25, 0.3) is 10.2 Å². The minimum Gasteiger partial charge on any atom is -0.369 e. The number of fused-ring (bicyclic) bond motifs is 1. The third-order valence-electron chi connectivity index (χ3n) is 4.32. The van der Waals surface area contributed by atoms with Gasteiger partial charge in [0.25, 0.3) is 5.91 Å². The van der Waals surface area contributed by atoms with E-state index in [2.05, 4.69) is 10.3 Å². The molecule has 3 rings (SSSR count). The van der Waals surface area contributed by atoms with E-state index < -0.39 is 16.1 Å². The highest BCUT2D eigenvalue weighted by Gasteiger charge is 2.27. The van der Waals surface area contributed by atoms with Crippen molar-refractivity contribution in [2.75, 3.05) is 25.0 Å². The number of sulfonamides is 1. The lowest BCUT2D eigenvalue weighted by Crippen LogP contribution is -2.29. The zero-order chi connectivity index (χ0) is 18.7. The Bertz CT molecular complexity index is 889. The molecule has 1 saturated heterocycles. The highest BCUT2D eigenvalue weighted by atomic mass is 32.2. The molecule has 1 unspecified atom stereocenters. The standard InChI is InChI=1S/C17H23N3O4S2/c1-3-14(24-4-2)16(21)19-17-18-13-8-7-12(11-15(13)25-17)26(22,23)20-9-5-6-10-20/h7-8,11,14H,3-6,9-10H2,1-2H3,(H,18,19,21). The van der Waals surface area contributed by atoms with E-state index >= 15 is 0 Å². The van der Waals surface area contributed by atoms with Crippen LogP contribution in [0.15, 0.2) is 23.1 Å². The molecule has 0 radical (unpaired) electrons. The summed E-state index contributed by atoms with van der Waals surface area (Å²) in [4.78, 5) is 16.9. The zero-order valence-electron chi connectivity index (χ0n) is 14.9. The van der Waals surface area contributed by atoms with Gasteiger partial charge >= 0.3 is 0 Å². The number of rotatable bonds is 7. The molecule has 1 amide bonds. The van der Waals surface area contributed by atoms with Crippen LogP contribution in [-0.4, -0.2) is 49.4 Å². The Morgan fingerprint density at radius 1 is 1.35 bits per heavy atom. The number of carbonyl (C=O) groups excluding carboxylic acids is 1. The molecule has 1 aromatic carbocycles. The van der Waals surface area contributed by atoms with E-state index in [1.807, 2.05) is 13.8 Å². The molecule has 0 saturated carbocycles. The summed E-state index contributed by atoms with van der Waals surface area (Å²) in [7, 11) is -3.46. The van der Waals surface area contributed by atoms with Crippen molar-refractivity contribution in [3.05, 3.63) is 18.2 Å². The Hall–Kier alpha value is -1.55. The van der Waals surface area contributed by atoms with Crippen molar-refractivity contribution in [3.63, 3.8) is 0 Å². The minimum absolute atomic E-state index is 0.238. The highest BCUT2D eigenvalue weighted by Crippen LogP contribution is 2.30. The van der Waals surface area contributed by atoms with Gasteiger partial charge in [-0.3, -0.25) is 10.1 Å². The van der Waals surface area contributed by atoms with Crippen LogP contribution in [-0.2, 0) is 19.6 Å². The van der Waals surface area contributed by atoms with Gasteiger partial charge in [0.15, 0.2) is 5.13 Å². The van der Waals surface area contributed by atoms with Crippen molar-refractivity contribution < 1.29 is 17.9 Å². The van der Waals surface area contributed by atoms with Crippen molar-refractivity contribution in [3.8, 4) is 0 Å². The summed E-state index contributed by atoms with van der Waals surface area (Å²) in [5.74, 6) is -0.238. The molecule has 142 valence electrons. The lowest BCUT2D eigenvalue weighted by Gasteiger charge is -2.15. The number of aromatic nitrogens is 1. The predicted octanol–water partition coefficient (Wildman–Crippen LogP) is 2.83. The zero-order valence-corrected chi connectivity index (χ0v) is 16.5. The number of ether oxygens (including phenoxy) is 1. The first-order valence-electron chi connectivity index (χ1n) is 8.79. The van der Waals surface area contributed by atoms with Crippen molar-refractivity contribution >= 4 is 42.6 Å². The fourth-order valence-electron chi connectivity index (χ4n) is 2.96. The Morgan fingerprint density at radius 3 is 2.73 bits per heavy atom. The van der Waals surface area contributed by atoms with Gasteiger partial charge in [0.1, 0.15) is 6.10 Å². The summed E-state index contributed by atoms with van der Waals surface area (Å²) in [6, 6.07) is 4.90. The van der Waals surface area contributed by atoms with Crippen LogP contribution in [0.1, 0.15) is 33.1 Å². The fourth-order valence-corrected chi connectivity index (χ4v) is 5.49. The van der Waals surface area contributed by atoms with Crippen LogP contribution < -0.4 is 5.32 Å². The second-order valence-electron chi connectivity index (χ2n) is 6.10. The molecule has 1 aliphatic heterocycles. The molecule has 2 heterocycles. The van der Waals surface area contributed by atoms with Gasteiger partial charge in [0, 0.05) is 19.7 Å². The Morgan fingerprint density at radius 2 is 2.08 bits per heavy atom. The highest BCUT2D eigenvalue weighted by molar-refractivity contribution is 7.89. The monoisotopic (exact) mass is 397 g/mol. The van der Waals surface area contributed by atoms with Crippen molar-refractivity contribution in [2.24, 2.45) is 0 Å². The second-order valence-corrected chi connectivity index (χ2v) is 9.07. The van der Waals surface area contributed by atoms with Gasteiger partial charge < -0.3 is 4.74 Å². The van der Waals surface area contributed by atoms with E-state index in [4.69, 9.17) is 4.74 Å². The molecule has 1 atom stereocenters. The van der Waals surface area contributed by atoms with E-state index in [1.165, 1.54) is 15.6 Å². The molecule has 1 fully saturated rings. The number of nitrogens with zero attached hydrogens (tertiary/aromatic N) is 2. The SMILES string of the molecule is CCOC(CC)C(=O)Nc1nc2ccc(S(=O)(=O)N3CCCC3)cc2s1. The van der Waals surface area contributed by atoms with Crippen LogP contribution in [0.4, 0.5) is 5.13 Å². The fraction of sp³-hybridized carbons (Fsp3) is 0.529. The molecule has 1 aromatic heterocycles. The molecule has 9 heteroatoms. The van der Waals surface area contributed by atoms with Crippen LogP contribution >= 0.6 is 11.3 Å². The van der Waals surface area contributed by atoms with Crippen LogP contribution in [0.2, 0.25) is 0 Å². The van der Waals surface area contributed by atoms with Gasteiger partial charge in [-0.15, -0.1) is 0 Å². The maximum absolute atomic E-state index is 12.7. The number of hydrogen-bond acceptors (Lipinski definition) is 6. The number of thiazole rings is 1. The maximum Gasteiger partial charge on any atom is 0.255 e. The molecule has 0 bridgehead atoms. The lowest BCUT2D eigenvalue weighted by molar-refractivity contribution is -0.127. The molecule has 1 aliphatic rings. The van der Waals surface area contributed by atoms with E-state index in [9.17, 15) is 13.2 Å². The number of amides is 1. The smallest absolute Gasteiger partial charge is 0.255 e. The largest absolute Gasteiger partial charge is 0.369 e. The topological polar surface area (TPSA) is 88.6 Å². The normalized spacial score (nSPS) is 16.8. The van der Waals surface area contributed by atoms with Crippen LogP contribution in [0, 0.1) is 0 Å². The summed E-state index contributed by atoms with van der Waals surface area (Å²) in [5, 5.41) is 3.21. The Labute approximate surface area is 157 Å². The first-order valence-corrected chi connectivity index (χ1v) is 11.0. The Kier molecular flexibility index (Phi) is 5.91. The van der Waals surface area contributed by atoms with E-state index in [-0.39, 0.29) is 10.8 Å². The molecule has 0 spiro atoms. The van der Waals surface area contributed by atoms with Gasteiger partial charge in [0.2, 0.25) is 10.0 Å². The summed E-state index contributed by atoms with van der Waals surface area (Å²) >= 11 is 1.26. The third-order valence-corrected chi connectivity index (χ3v) is 7.15. The number of benzene rings is 1. The first-order chi connectivity index (χ1) is 12.5. The van der Waals surface area contributed by atoms with Crippen molar-refractivity contribution in [1.82, 2.24) is 9.29 Å². The predicted molar refractivity (Wildman–Crippen MR) is 102 cm³/mol.